The van der Waals surface area contributed by atoms with Gasteiger partial charge in [0.25, 0.3) is 5.91 Å². The van der Waals surface area contributed by atoms with Crippen molar-refractivity contribution >= 4 is 34.2 Å². The van der Waals surface area contributed by atoms with E-state index in [-0.39, 0.29) is 11.3 Å². The molecule has 0 fully saturated rings. The summed E-state index contributed by atoms with van der Waals surface area (Å²) in [5.41, 5.74) is -0.640. The van der Waals surface area contributed by atoms with Crippen molar-refractivity contribution in [1.29, 1.82) is 0 Å². The van der Waals surface area contributed by atoms with E-state index in [1.807, 2.05) is 0 Å². The van der Waals surface area contributed by atoms with Crippen molar-refractivity contribution < 1.29 is 22.4 Å². The minimum Gasteiger partial charge on any atom is -0.322 e. The van der Waals surface area contributed by atoms with Crippen LogP contribution in [0.25, 0.3) is 0 Å². The minimum atomic E-state index is -4.48. The van der Waals surface area contributed by atoms with E-state index in [2.05, 4.69) is 5.32 Å². The van der Waals surface area contributed by atoms with Gasteiger partial charge in [-0.05, 0) is 59.0 Å². The van der Waals surface area contributed by atoms with Crippen LogP contribution in [-0.2, 0) is 6.18 Å². The highest BCUT2D eigenvalue weighted by atomic mass is 127. The molecule has 2 rings (SSSR count). The maximum absolute atomic E-state index is 13.0. The summed E-state index contributed by atoms with van der Waals surface area (Å²) in [5, 5.41) is 2.36. The molecular formula is C14H8F4INO. The Morgan fingerprint density at radius 2 is 1.81 bits per heavy atom. The van der Waals surface area contributed by atoms with Crippen molar-refractivity contribution in [3.63, 3.8) is 0 Å². The molecule has 0 aliphatic rings. The highest BCUT2D eigenvalue weighted by Crippen LogP contribution is 2.30. The average Bonchev–Trinajstić information content (AvgIpc) is 2.37. The Kier molecular flexibility index (Phi) is 4.50. The van der Waals surface area contributed by atoms with Crippen molar-refractivity contribution in [3.8, 4) is 0 Å². The fourth-order valence-corrected chi connectivity index (χ4v) is 2.37. The molecule has 2 nitrogen and oxygen atoms in total. The molecule has 2 aromatic rings. The number of carbonyl (C=O) groups excluding carboxylic acids is 1. The number of rotatable bonds is 2. The lowest BCUT2D eigenvalue weighted by Crippen LogP contribution is -2.14. The summed E-state index contributed by atoms with van der Waals surface area (Å²) in [6.45, 7) is 0. The molecule has 0 aliphatic carbocycles. The number of alkyl halides is 3. The topological polar surface area (TPSA) is 29.1 Å². The molecule has 0 saturated carbocycles. The normalized spacial score (nSPS) is 11.3. The Morgan fingerprint density at radius 3 is 2.43 bits per heavy atom. The predicted octanol–water partition coefficient (Wildman–Crippen LogP) is 4.70. The van der Waals surface area contributed by atoms with Gasteiger partial charge in [0, 0.05) is 9.26 Å². The van der Waals surface area contributed by atoms with Gasteiger partial charge in [0.2, 0.25) is 0 Å². The van der Waals surface area contributed by atoms with Crippen LogP contribution in [0.2, 0.25) is 0 Å². The molecule has 1 N–H and O–H groups in total. The molecule has 1 amide bonds. The molecule has 0 heterocycles. The zero-order chi connectivity index (χ0) is 15.6. The predicted molar refractivity (Wildman–Crippen MR) is 78.5 cm³/mol. The van der Waals surface area contributed by atoms with E-state index < -0.39 is 23.5 Å². The molecule has 0 radical (unpaired) electrons. The number of amides is 1. The highest BCUT2D eigenvalue weighted by Gasteiger charge is 2.30. The van der Waals surface area contributed by atoms with E-state index in [0.29, 0.717) is 3.57 Å². The van der Waals surface area contributed by atoms with Gasteiger partial charge in [-0.2, -0.15) is 13.2 Å². The average molecular weight is 409 g/mol. The summed E-state index contributed by atoms with van der Waals surface area (Å²) < 4.78 is 51.1. The van der Waals surface area contributed by atoms with E-state index in [0.717, 1.165) is 18.2 Å². The van der Waals surface area contributed by atoms with Crippen molar-refractivity contribution in [2.24, 2.45) is 0 Å². The molecule has 0 aliphatic heterocycles. The first-order valence-corrected chi connectivity index (χ1v) is 6.79. The molecule has 110 valence electrons. The first-order valence-electron chi connectivity index (χ1n) is 5.71. The summed E-state index contributed by atoms with van der Waals surface area (Å²) in [4.78, 5) is 12.0. The SMILES string of the molecule is O=C(Nc1cccc(C(F)(F)F)c1)c1ccc(F)cc1I. The molecule has 7 heteroatoms. The second-order valence-electron chi connectivity index (χ2n) is 4.16. The van der Waals surface area contributed by atoms with E-state index in [1.165, 1.54) is 24.3 Å². The monoisotopic (exact) mass is 409 g/mol. The lowest BCUT2D eigenvalue weighted by molar-refractivity contribution is -0.137. The molecule has 0 bridgehead atoms. The smallest absolute Gasteiger partial charge is 0.322 e. The fourth-order valence-electron chi connectivity index (χ4n) is 1.65. The lowest BCUT2D eigenvalue weighted by atomic mass is 10.1. The van der Waals surface area contributed by atoms with Crippen LogP contribution >= 0.6 is 22.6 Å². The Balaban J connectivity index is 2.24. The maximum Gasteiger partial charge on any atom is 0.416 e. The lowest BCUT2D eigenvalue weighted by Gasteiger charge is -2.10. The van der Waals surface area contributed by atoms with E-state index in [4.69, 9.17) is 0 Å². The number of halogens is 5. The van der Waals surface area contributed by atoms with E-state index in [9.17, 15) is 22.4 Å². The molecule has 0 spiro atoms. The van der Waals surface area contributed by atoms with Gasteiger partial charge >= 0.3 is 6.18 Å². The Bertz CT molecular complexity index is 685. The molecule has 0 aromatic heterocycles. The van der Waals surface area contributed by atoms with Gasteiger partial charge in [-0.1, -0.05) is 6.07 Å². The van der Waals surface area contributed by atoms with Crippen LogP contribution in [0, 0.1) is 9.39 Å². The van der Waals surface area contributed by atoms with Crippen molar-refractivity contribution in [1.82, 2.24) is 0 Å². The Hall–Kier alpha value is -1.64. The van der Waals surface area contributed by atoms with Crippen molar-refractivity contribution in [2.75, 3.05) is 5.32 Å². The van der Waals surface area contributed by atoms with Crippen LogP contribution in [0.1, 0.15) is 15.9 Å². The molecule has 2 aromatic carbocycles. The Morgan fingerprint density at radius 1 is 1.10 bits per heavy atom. The molecule has 0 unspecified atom stereocenters. The van der Waals surface area contributed by atoms with Gasteiger partial charge in [-0.15, -0.1) is 0 Å². The van der Waals surface area contributed by atoms with Crippen LogP contribution in [0.15, 0.2) is 42.5 Å². The third kappa shape index (κ3) is 3.93. The number of hydrogen-bond acceptors (Lipinski definition) is 1. The summed E-state index contributed by atoms with van der Waals surface area (Å²) in [6, 6.07) is 7.87. The third-order valence-electron chi connectivity index (χ3n) is 2.62. The number of nitrogens with one attached hydrogen (secondary N) is 1. The number of anilines is 1. The van der Waals surface area contributed by atoms with Crippen LogP contribution in [0.3, 0.4) is 0 Å². The number of carbonyl (C=O) groups is 1. The largest absolute Gasteiger partial charge is 0.416 e. The standard InChI is InChI=1S/C14H8F4INO/c15-9-4-5-11(12(19)7-9)13(21)20-10-3-1-2-8(6-10)14(16,17)18/h1-7H,(H,20,21). The second-order valence-corrected chi connectivity index (χ2v) is 5.32. The van der Waals surface area contributed by atoms with Crippen LogP contribution in [0.5, 0.6) is 0 Å². The quantitative estimate of drug-likeness (QED) is 0.566. The zero-order valence-electron chi connectivity index (χ0n) is 10.3. The maximum atomic E-state index is 13.0. The fraction of sp³-hybridized carbons (Fsp3) is 0.0714. The van der Waals surface area contributed by atoms with Gasteiger partial charge in [0.05, 0.1) is 11.1 Å². The summed E-state index contributed by atoms with van der Waals surface area (Å²) >= 11 is 1.78. The first kappa shape index (κ1) is 15.7. The van der Waals surface area contributed by atoms with Gasteiger partial charge < -0.3 is 5.32 Å². The van der Waals surface area contributed by atoms with Crippen molar-refractivity contribution in [3.05, 3.63) is 63.0 Å². The molecule has 0 atom stereocenters. The van der Waals surface area contributed by atoms with Crippen LogP contribution < -0.4 is 5.32 Å². The highest BCUT2D eigenvalue weighted by molar-refractivity contribution is 14.1. The first-order chi connectivity index (χ1) is 9.77. The molecular weight excluding hydrogens is 401 g/mol. The number of hydrogen-bond donors (Lipinski definition) is 1. The zero-order valence-corrected chi connectivity index (χ0v) is 12.5. The van der Waals surface area contributed by atoms with Gasteiger partial charge in [0.15, 0.2) is 0 Å². The molecule has 21 heavy (non-hydrogen) atoms. The van der Waals surface area contributed by atoms with E-state index >= 15 is 0 Å². The van der Waals surface area contributed by atoms with Crippen LogP contribution in [-0.4, -0.2) is 5.91 Å². The molecule has 0 saturated heterocycles. The summed E-state index contributed by atoms with van der Waals surface area (Å²) in [7, 11) is 0. The number of benzene rings is 2. The van der Waals surface area contributed by atoms with Gasteiger partial charge in [-0.25, -0.2) is 4.39 Å². The summed E-state index contributed by atoms with van der Waals surface area (Å²) in [5.74, 6) is -1.09. The minimum absolute atomic E-state index is 0.0231. The van der Waals surface area contributed by atoms with Crippen molar-refractivity contribution in [2.45, 2.75) is 6.18 Å². The van der Waals surface area contributed by atoms with Crippen LogP contribution in [0.4, 0.5) is 23.2 Å². The van der Waals surface area contributed by atoms with E-state index in [1.54, 1.807) is 22.6 Å². The third-order valence-corrected chi connectivity index (χ3v) is 3.52. The van der Waals surface area contributed by atoms with Gasteiger partial charge in [-0.3, -0.25) is 4.79 Å². The van der Waals surface area contributed by atoms with Gasteiger partial charge in [0.1, 0.15) is 5.82 Å². The Labute approximate surface area is 131 Å². The summed E-state index contributed by atoms with van der Waals surface area (Å²) in [6.07, 6.45) is -4.48. The second kappa shape index (κ2) is 6.00.